The molecule has 8 nitrogen and oxygen atoms in total. The molecule has 0 saturated carbocycles. The fourth-order valence-corrected chi connectivity index (χ4v) is 3.20. The molecule has 1 fully saturated rings. The number of piperidine rings is 1. The number of hydrogen-bond donors (Lipinski definition) is 2. The minimum atomic E-state index is 0.334. The molecule has 25 heavy (non-hydrogen) atoms. The van der Waals surface area contributed by atoms with Gasteiger partial charge in [-0.2, -0.15) is 5.10 Å². The standard InChI is InChI=1S/C17H22N8/c1-12-2-6-19-17(22-12)23-16-15-13(3-9-25(15)21-11-20-16)10-24-7-4-14(18)5-8-24/h2-3,6,9,11,14H,4-5,7-8,10,18H2,1H3,(H,19,20,21,22,23). The molecule has 0 radical (unpaired) electrons. The highest BCUT2D eigenvalue weighted by atomic mass is 15.3. The van der Waals surface area contributed by atoms with Crippen LogP contribution in [0.3, 0.4) is 0 Å². The lowest BCUT2D eigenvalue weighted by molar-refractivity contribution is 0.206. The average molecular weight is 338 g/mol. The van der Waals surface area contributed by atoms with E-state index in [-0.39, 0.29) is 0 Å². The van der Waals surface area contributed by atoms with Crippen molar-refractivity contribution in [2.24, 2.45) is 5.73 Å². The second-order valence-corrected chi connectivity index (χ2v) is 6.50. The van der Waals surface area contributed by atoms with Gasteiger partial charge in [0.15, 0.2) is 5.82 Å². The first kappa shape index (κ1) is 15.9. The van der Waals surface area contributed by atoms with Crippen molar-refractivity contribution in [1.82, 2.24) is 29.5 Å². The van der Waals surface area contributed by atoms with Gasteiger partial charge in [0.25, 0.3) is 0 Å². The zero-order chi connectivity index (χ0) is 17.2. The Morgan fingerprint density at radius 1 is 1.24 bits per heavy atom. The molecule has 0 unspecified atom stereocenters. The summed E-state index contributed by atoms with van der Waals surface area (Å²) in [6.07, 6.45) is 7.33. The molecule has 8 heteroatoms. The molecule has 1 aliphatic heterocycles. The molecule has 0 aliphatic carbocycles. The van der Waals surface area contributed by atoms with Crippen molar-refractivity contribution < 1.29 is 0 Å². The highest BCUT2D eigenvalue weighted by Gasteiger charge is 2.19. The van der Waals surface area contributed by atoms with Crippen molar-refractivity contribution in [3.8, 4) is 0 Å². The summed E-state index contributed by atoms with van der Waals surface area (Å²) in [6.45, 7) is 4.85. The van der Waals surface area contributed by atoms with Gasteiger partial charge in [0, 0.05) is 30.7 Å². The van der Waals surface area contributed by atoms with Gasteiger partial charge in [0.05, 0.1) is 0 Å². The average Bonchev–Trinajstić information content (AvgIpc) is 3.01. The van der Waals surface area contributed by atoms with Crippen molar-refractivity contribution in [2.75, 3.05) is 18.4 Å². The number of nitrogens with zero attached hydrogens (tertiary/aromatic N) is 6. The third-order valence-electron chi connectivity index (χ3n) is 4.59. The minimum Gasteiger partial charge on any atom is -0.328 e. The minimum absolute atomic E-state index is 0.334. The van der Waals surface area contributed by atoms with E-state index in [4.69, 9.17) is 5.73 Å². The van der Waals surface area contributed by atoms with E-state index in [1.165, 1.54) is 11.9 Å². The normalized spacial score (nSPS) is 16.4. The Hall–Kier alpha value is -2.58. The quantitative estimate of drug-likeness (QED) is 0.744. The van der Waals surface area contributed by atoms with Crippen LogP contribution in [0.4, 0.5) is 11.8 Å². The first-order valence-corrected chi connectivity index (χ1v) is 8.55. The SMILES string of the molecule is Cc1ccnc(Nc2ncnn3ccc(CN4CCC(N)CC4)c23)n1. The van der Waals surface area contributed by atoms with Gasteiger partial charge in [0.2, 0.25) is 5.95 Å². The lowest BCUT2D eigenvalue weighted by Gasteiger charge is -2.29. The van der Waals surface area contributed by atoms with E-state index in [1.807, 2.05) is 23.7 Å². The van der Waals surface area contributed by atoms with Crippen LogP contribution in [0.25, 0.3) is 5.52 Å². The van der Waals surface area contributed by atoms with Crippen molar-refractivity contribution in [3.05, 3.63) is 42.1 Å². The van der Waals surface area contributed by atoms with Gasteiger partial charge in [-0.1, -0.05) is 0 Å². The number of nitrogens with two attached hydrogens (primary N) is 1. The van der Waals surface area contributed by atoms with Crippen LogP contribution in [0.1, 0.15) is 24.1 Å². The van der Waals surface area contributed by atoms with E-state index < -0.39 is 0 Å². The van der Waals surface area contributed by atoms with Crippen molar-refractivity contribution in [1.29, 1.82) is 0 Å². The molecule has 0 atom stereocenters. The number of rotatable bonds is 4. The number of hydrogen-bond acceptors (Lipinski definition) is 7. The Kier molecular flexibility index (Phi) is 4.29. The molecule has 3 N–H and O–H groups in total. The van der Waals surface area contributed by atoms with Gasteiger partial charge in [-0.25, -0.2) is 19.5 Å². The Bertz CT molecular complexity index is 866. The maximum Gasteiger partial charge on any atom is 0.228 e. The first-order valence-electron chi connectivity index (χ1n) is 8.55. The second-order valence-electron chi connectivity index (χ2n) is 6.50. The summed E-state index contributed by atoms with van der Waals surface area (Å²) in [5.74, 6) is 1.26. The number of nitrogens with one attached hydrogen (secondary N) is 1. The highest BCUT2D eigenvalue weighted by Crippen LogP contribution is 2.23. The van der Waals surface area contributed by atoms with Gasteiger partial charge in [-0.15, -0.1) is 0 Å². The molecule has 4 rings (SSSR count). The maximum absolute atomic E-state index is 6.01. The van der Waals surface area contributed by atoms with Gasteiger partial charge in [-0.3, -0.25) is 4.90 Å². The number of likely N-dealkylation sites (tertiary alicyclic amines) is 1. The number of aromatic nitrogens is 5. The molecule has 0 spiro atoms. The van der Waals surface area contributed by atoms with Crippen LogP contribution in [-0.2, 0) is 6.54 Å². The van der Waals surface area contributed by atoms with Crippen LogP contribution >= 0.6 is 0 Å². The predicted octanol–water partition coefficient (Wildman–Crippen LogP) is 1.49. The van der Waals surface area contributed by atoms with E-state index in [2.05, 4.69) is 36.3 Å². The molecule has 0 bridgehead atoms. The van der Waals surface area contributed by atoms with Crippen LogP contribution in [0.2, 0.25) is 0 Å². The summed E-state index contributed by atoms with van der Waals surface area (Å²) in [7, 11) is 0. The molecule has 1 aliphatic rings. The Morgan fingerprint density at radius 3 is 2.88 bits per heavy atom. The topological polar surface area (TPSA) is 97.3 Å². The number of fused-ring (bicyclic) bond motifs is 1. The summed E-state index contributed by atoms with van der Waals surface area (Å²) >= 11 is 0. The zero-order valence-electron chi connectivity index (χ0n) is 14.3. The molecule has 0 amide bonds. The molecule has 1 saturated heterocycles. The van der Waals surface area contributed by atoms with E-state index in [9.17, 15) is 0 Å². The molecular weight excluding hydrogens is 316 g/mol. The smallest absolute Gasteiger partial charge is 0.228 e. The number of aryl methyl sites for hydroxylation is 1. The second kappa shape index (κ2) is 6.73. The van der Waals surface area contributed by atoms with E-state index in [1.54, 1.807) is 6.20 Å². The van der Waals surface area contributed by atoms with E-state index in [0.29, 0.717) is 17.8 Å². The fourth-order valence-electron chi connectivity index (χ4n) is 3.20. The fraction of sp³-hybridized carbons (Fsp3) is 0.412. The summed E-state index contributed by atoms with van der Waals surface area (Å²) in [6, 6.07) is 4.30. The van der Waals surface area contributed by atoms with Gasteiger partial charge < -0.3 is 11.1 Å². The summed E-state index contributed by atoms with van der Waals surface area (Å²) in [4.78, 5) is 15.5. The lowest BCUT2D eigenvalue weighted by Crippen LogP contribution is -2.39. The van der Waals surface area contributed by atoms with Gasteiger partial charge in [0.1, 0.15) is 11.8 Å². The molecular formula is C17H22N8. The van der Waals surface area contributed by atoms with Crippen molar-refractivity contribution in [2.45, 2.75) is 32.4 Å². The van der Waals surface area contributed by atoms with Crippen LogP contribution in [0.15, 0.2) is 30.9 Å². The van der Waals surface area contributed by atoms with Crippen LogP contribution in [-0.4, -0.2) is 48.6 Å². The molecule has 130 valence electrons. The van der Waals surface area contributed by atoms with E-state index >= 15 is 0 Å². The van der Waals surface area contributed by atoms with Crippen LogP contribution in [0.5, 0.6) is 0 Å². The number of anilines is 2. The monoisotopic (exact) mass is 338 g/mol. The molecule has 4 heterocycles. The highest BCUT2D eigenvalue weighted by molar-refractivity contribution is 5.74. The van der Waals surface area contributed by atoms with Gasteiger partial charge in [-0.05, 0) is 50.6 Å². The molecule has 0 aromatic carbocycles. The summed E-state index contributed by atoms with van der Waals surface area (Å²) in [5, 5.41) is 7.54. The maximum atomic E-state index is 6.01. The van der Waals surface area contributed by atoms with Crippen molar-refractivity contribution in [3.63, 3.8) is 0 Å². The largest absolute Gasteiger partial charge is 0.328 e. The summed E-state index contributed by atoms with van der Waals surface area (Å²) < 4.78 is 1.84. The Balaban J connectivity index is 1.62. The predicted molar refractivity (Wildman–Crippen MR) is 95.5 cm³/mol. The zero-order valence-corrected chi connectivity index (χ0v) is 14.3. The van der Waals surface area contributed by atoms with Crippen LogP contribution in [0, 0.1) is 6.92 Å². The first-order chi connectivity index (χ1) is 12.2. The molecule has 3 aromatic rings. The Morgan fingerprint density at radius 2 is 2.08 bits per heavy atom. The van der Waals surface area contributed by atoms with Crippen LogP contribution < -0.4 is 11.1 Å². The molecule has 3 aromatic heterocycles. The summed E-state index contributed by atoms with van der Waals surface area (Å²) in [5.41, 5.74) is 9.06. The third-order valence-corrected chi connectivity index (χ3v) is 4.59. The lowest BCUT2D eigenvalue weighted by atomic mass is 10.1. The van der Waals surface area contributed by atoms with E-state index in [0.717, 1.165) is 43.7 Å². The third kappa shape index (κ3) is 3.45. The van der Waals surface area contributed by atoms with Crippen molar-refractivity contribution >= 4 is 17.3 Å². The van der Waals surface area contributed by atoms with Gasteiger partial charge >= 0.3 is 0 Å². The Labute approximate surface area is 146 Å².